The Bertz CT molecular complexity index is 412. The van der Waals surface area contributed by atoms with Gasteiger partial charge < -0.3 is 10.4 Å². The predicted octanol–water partition coefficient (Wildman–Crippen LogP) is 1.23. The van der Waals surface area contributed by atoms with Gasteiger partial charge in [0.05, 0.1) is 5.56 Å². The molecule has 0 aliphatic heterocycles. The van der Waals surface area contributed by atoms with Gasteiger partial charge in [0.25, 0.3) is 5.91 Å². The van der Waals surface area contributed by atoms with Crippen LogP contribution in [0.25, 0.3) is 0 Å². The molecule has 1 atom stereocenters. The predicted molar refractivity (Wildman–Crippen MR) is 62.7 cm³/mol. The van der Waals surface area contributed by atoms with E-state index in [1.165, 1.54) is 6.20 Å². The molecule has 0 aromatic carbocycles. The number of aliphatic carboxylic acids is 1. The summed E-state index contributed by atoms with van der Waals surface area (Å²) >= 11 is 0. The van der Waals surface area contributed by atoms with Gasteiger partial charge in [-0.2, -0.15) is 0 Å². The largest absolute Gasteiger partial charge is 0.480 e. The number of hydrogen-bond acceptors (Lipinski definition) is 3. The Labute approximate surface area is 99.9 Å². The molecule has 0 aliphatic rings. The highest BCUT2D eigenvalue weighted by molar-refractivity contribution is 5.96. The van der Waals surface area contributed by atoms with E-state index in [1.54, 1.807) is 26.0 Å². The van der Waals surface area contributed by atoms with Gasteiger partial charge in [0, 0.05) is 11.9 Å². The van der Waals surface area contributed by atoms with Gasteiger partial charge in [0.2, 0.25) is 0 Å². The Morgan fingerprint density at radius 3 is 2.41 bits per heavy atom. The molecular weight excluding hydrogens is 220 g/mol. The number of pyridine rings is 1. The van der Waals surface area contributed by atoms with Crippen LogP contribution in [-0.2, 0) is 4.79 Å². The Hall–Kier alpha value is -1.91. The van der Waals surface area contributed by atoms with Crippen LogP contribution in [0.4, 0.5) is 0 Å². The summed E-state index contributed by atoms with van der Waals surface area (Å²) in [5, 5.41) is 11.4. The first kappa shape index (κ1) is 13.2. The Morgan fingerprint density at radius 1 is 1.35 bits per heavy atom. The highest BCUT2D eigenvalue weighted by Crippen LogP contribution is 2.05. The van der Waals surface area contributed by atoms with Crippen LogP contribution in [0.1, 0.15) is 29.9 Å². The molecule has 1 unspecified atom stereocenters. The van der Waals surface area contributed by atoms with E-state index in [-0.39, 0.29) is 5.92 Å². The van der Waals surface area contributed by atoms with Crippen molar-refractivity contribution in [2.75, 3.05) is 0 Å². The standard InChI is InChI=1S/C12H16N2O3/c1-7(2)10(12(16)17)14-11(15)9-5-4-8(3)13-6-9/h4-7,10H,1-3H3,(H,14,15)(H,16,17). The quantitative estimate of drug-likeness (QED) is 0.824. The van der Waals surface area contributed by atoms with Crippen molar-refractivity contribution in [3.8, 4) is 0 Å². The van der Waals surface area contributed by atoms with Crippen molar-refractivity contribution < 1.29 is 14.7 Å². The van der Waals surface area contributed by atoms with E-state index in [9.17, 15) is 9.59 Å². The van der Waals surface area contributed by atoms with Gasteiger partial charge in [-0.25, -0.2) is 4.79 Å². The minimum Gasteiger partial charge on any atom is -0.480 e. The molecule has 1 amide bonds. The third kappa shape index (κ3) is 3.55. The molecule has 0 spiro atoms. The van der Waals surface area contributed by atoms with Gasteiger partial charge in [-0.1, -0.05) is 13.8 Å². The van der Waals surface area contributed by atoms with E-state index in [4.69, 9.17) is 5.11 Å². The number of carboxylic acids is 1. The summed E-state index contributed by atoms with van der Waals surface area (Å²) in [7, 11) is 0. The van der Waals surface area contributed by atoms with Crippen molar-refractivity contribution in [3.63, 3.8) is 0 Å². The molecule has 92 valence electrons. The maximum atomic E-state index is 11.8. The third-order valence-corrected chi connectivity index (χ3v) is 2.39. The molecule has 0 radical (unpaired) electrons. The summed E-state index contributed by atoms with van der Waals surface area (Å²) in [6.45, 7) is 5.30. The minimum atomic E-state index is -1.03. The molecular formula is C12H16N2O3. The molecule has 0 aliphatic carbocycles. The first-order valence-electron chi connectivity index (χ1n) is 5.38. The lowest BCUT2D eigenvalue weighted by atomic mass is 10.0. The van der Waals surface area contributed by atoms with Crippen molar-refractivity contribution in [2.24, 2.45) is 5.92 Å². The zero-order valence-electron chi connectivity index (χ0n) is 10.1. The van der Waals surface area contributed by atoms with Crippen LogP contribution < -0.4 is 5.32 Å². The van der Waals surface area contributed by atoms with Crippen LogP contribution >= 0.6 is 0 Å². The molecule has 1 heterocycles. The van der Waals surface area contributed by atoms with Gasteiger partial charge in [0.15, 0.2) is 0 Å². The van der Waals surface area contributed by atoms with Crippen LogP contribution in [0.3, 0.4) is 0 Å². The molecule has 5 heteroatoms. The van der Waals surface area contributed by atoms with Gasteiger partial charge in [-0.05, 0) is 25.0 Å². The number of aromatic nitrogens is 1. The van der Waals surface area contributed by atoms with Crippen LogP contribution in [0.5, 0.6) is 0 Å². The number of rotatable bonds is 4. The van der Waals surface area contributed by atoms with Gasteiger partial charge in [-0.15, -0.1) is 0 Å². The second-order valence-electron chi connectivity index (χ2n) is 4.22. The molecule has 0 saturated heterocycles. The third-order valence-electron chi connectivity index (χ3n) is 2.39. The zero-order chi connectivity index (χ0) is 13.0. The average Bonchev–Trinajstić information content (AvgIpc) is 2.25. The van der Waals surface area contributed by atoms with E-state index in [1.807, 2.05) is 6.92 Å². The number of nitrogens with one attached hydrogen (secondary N) is 1. The van der Waals surface area contributed by atoms with E-state index in [2.05, 4.69) is 10.3 Å². The molecule has 17 heavy (non-hydrogen) atoms. The highest BCUT2D eigenvalue weighted by atomic mass is 16.4. The Balaban J connectivity index is 2.77. The fraction of sp³-hybridized carbons (Fsp3) is 0.417. The van der Waals surface area contributed by atoms with Crippen molar-refractivity contribution in [3.05, 3.63) is 29.6 Å². The van der Waals surface area contributed by atoms with Crippen molar-refractivity contribution >= 4 is 11.9 Å². The molecule has 0 fully saturated rings. The first-order chi connectivity index (χ1) is 7.91. The number of amides is 1. The van der Waals surface area contributed by atoms with Crippen molar-refractivity contribution in [1.29, 1.82) is 0 Å². The van der Waals surface area contributed by atoms with Gasteiger partial charge in [0.1, 0.15) is 6.04 Å². The maximum Gasteiger partial charge on any atom is 0.326 e. The van der Waals surface area contributed by atoms with Crippen LogP contribution in [0, 0.1) is 12.8 Å². The average molecular weight is 236 g/mol. The summed E-state index contributed by atoms with van der Waals surface area (Å²) in [6.07, 6.45) is 1.43. The fourth-order valence-electron chi connectivity index (χ4n) is 1.34. The molecule has 1 rings (SSSR count). The number of carbonyl (C=O) groups is 2. The van der Waals surface area contributed by atoms with E-state index in [0.29, 0.717) is 5.56 Å². The molecule has 2 N–H and O–H groups in total. The van der Waals surface area contributed by atoms with Crippen molar-refractivity contribution in [2.45, 2.75) is 26.8 Å². The Kier molecular flexibility index (Phi) is 4.20. The summed E-state index contributed by atoms with van der Waals surface area (Å²) < 4.78 is 0. The lowest BCUT2D eigenvalue weighted by molar-refractivity contribution is -0.140. The molecule has 0 bridgehead atoms. The second kappa shape index (κ2) is 5.43. The number of aryl methyl sites for hydroxylation is 1. The highest BCUT2D eigenvalue weighted by Gasteiger charge is 2.23. The number of hydrogen-bond donors (Lipinski definition) is 2. The topological polar surface area (TPSA) is 79.3 Å². The number of carboxylic acid groups (broad SMARTS) is 1. The SMILES string of the molecule is Cc1ccc(C(=O)NC(C(=O)O)C(C)C)cn1. The first-order valence-corrected chi connectivity index (χ1v) is 5.38. The lowest BCUT2D eigenvalue weighted by Gasteiger charge is -2.17. The molecule has 1 aromatic rings. The van der Waals surface area contributed by atoms with Gasteiger partial charge in [-0.3, -0.25) is 9.78 Å². The number of nitrogens with zero attached hydrogens (tertiary/aromatic N) is 1. The molecule has 0 saturated carbocycles. The summed E-state index contributed by atoms with van der Waals surface area (Å²) in [5.41, 5.74) is 1.17. The summed E-state index contributed by atoms with van der Waals surface area (Å²) in [6, 6.07) is 2.44. The second-order valence-corrected chi connectivity index (χ2v) is 4.22. The summed E-state index contributed by atoms with van der Waals surface area (Å²) in [5.74, 6) is -1.62. The molecule has 1 aromatic heterocycles. The van der Waals surface area contributed by atoms with E-state index < -0.39 is 17.9 Å². The van der Waals surface area contributed by atoms with E-state index >= 15 is 0 Å². The van der Waals surface area contributed by atoms with Crippen LogP contribution in [0.15, 0.2) is 18.3 Å². The fourth-order valence-corrected chi connectivity index (χ4v) is 1.34. The van der Waals surface area contributed by atoms with Crippen LogP contribution in [0.2, 0.25) is 0 Å². The normalized spacial score (nSPS) is 12.2. The van der Waals surface area contributed by atoms with Crippen LogP contribution in [-0.4, -0.2) is 28.0 Å². The smallest absolute Gasteiger partial charge is 0.326 e. The van der Waals surface area contributed by atoms with Crippen molar-refractivity contribution in [1.82, 2.24) is 10.3 Å². The number of carbonyl (C=O) groups excluding carboxylic acids is 1. The maximum absolute atomic E-state index is 11.8. The minimum absolute atomic E-state index is 0.171. The van der Waals surface area contributed by atoms with Gasteiger partial charge >= 0.3 is 5.97 Å². The summed E-state index contributed by atoms with van der Waals surface area (Å²) in [4.78, 5) is 26.7. The monoisotopic (exact) mass is 236 g/mol. The van der Waals surface area contributed by atoms with E-state index in [0.717, 1.165) is 5.69 Å². The Morgan fingerprint density at radius 2 is 2.00 bits per heavy atom. The zero-order valence-corrected chi connectivity index (χ0v) is 10.1. The molecule has 5 nitrogen and oxygen atoms in total. The lowest BCUT2D eigenvalue weighted by Crippen LogP contribution is -2.44.